The Balaban J connectivity index is 0.00000228. The summed E-state index contributed by atoms with van der Waals surface area (Å²) in [5.41, 5.74) is 12.7. The first-order valence-electron chi connectivity index (χ1n) is 17.8. The standard InChI is InChI=1S/C47H29N5O3.H2O.Zn/c53-31-12-5-28(6-13-31)44-35-19-21-37(49-35)45(29-7-14-32(54)15-8-29)39-23-25-42(51-39)47(41-18-11-27-3-1-2-4-34(27)48-41)43-26-24-40(52-43)46(38-22-20-36(44)50-38)30-9-16-33(55)17-10-30;;/h1-26H,(H3-2,48,49,50,51,52,53,54,55);1H2;/q-2;;+2/p+1. The number of para-hydroxylation sites is 1. The van der Waals surface area contributed by atoms with E-state index in [4.69, 9.17) is 24.9 Å². The molecule has 10 rings (SSSR count). The number of benzene rings is 4. The van der Waals surface area contributed by atoms with Crippen LogP contribution in [0.25, 0.3) is 102 Å². The number of hydrogen-bond donors (Lipinski definition) is 3. The van der Waals surface area contributed by atoms with Gasteiger partial charge in [-0.3, -0.25) is 0 Å². The first kappa shape index (κ1) is 36.8. The van der Waals surface area contributed by atoms with Crippen molar-refractivity contribution in [3.8, 4) is 61.9 Å². The third-order valence-electron chi connectivity index (χ3n) is 9.93. The third-order valence-corrected chi connectivity index (χ3v) is 9.93. The van der Waals surface area contributed by atoms with E-state index in [9.17, 15) is 15.3 Å². The molecule has 9 nitrogen and oxygen atoms in total. The number of nitrogens with zero attached hydrogens (tertiary/aromatic N) is 5. The Hall–Kier alpha value is -7.13. The molecule has 6 heterocycles. The average molecular weight is 796 g/mol. The first-order chi connectivity index (χ1) is 26.9. The molecule has 4 aromatic heterocycles. The number of phenols is 3. The van der Waals surface area contributed by atoms with E-state index in [1.807, 2.05) is 115 Å². The number of rotatable bonds is 4. The zero-order chi connectivity index (χ0) is 37.0. The quantitative estimate of drug-likeness (QED) is 0.117. The van der Waals surface area contributed by atoms with E-state index in [1.165, 1.54) is 0 Å². The molecule has 0 spiro atoms. The van der Waals surface area contributed by atoms with Gasteiger partial charge in [-0.2, -0.15) is 0 Å². The SMILES string of the molecule is Oc1ccc(-c2c3nc(c(-c4ccc(O)cc4)c4ccc([n-]4)c(-c4ccc5ccccc5n4)c4nc(c(-c5ccc(O)cc5)c5ccc2[n-]5)C=C4)C=C3)cc1.[OH3+].[Zn+2]. The van der Waals surface area contributed by atoms with Gasteiger partial charge in [0.2, 0.25) is 0 Å². The van der Waals surface area contributed by atoms with Gasteiger partial charge >= 0.3 is 19.5 Å². The van der Waals surface area contributed by atoms with E-state index < -0.39 is 0 Å². The first-order valence-corrected chi connectivity index (χ1v) is 17.8. The minimum absolute atomic E-state index is 0. The van der Waals surface area contributed by atoms with Crippen molar-refractivity contribution in [1.29, 1.82) is 0 Å². The number of fused-ring (bicyclic) bond motifs is 9. The molecule has 0 fully saturated rings. The van der Waals surface area contributed by atoms with Gasteiger partial charge in [-0.15, -0.1) is 22.1 Å². The summed E-state index contributed by atoms with van der Waals surface area (Å²) in [5, 5.41) is 31.7. The normalized spacial score (nSPS) is 11.6. The van der Waals surface area contributed by atoms with Crippen LogP contribution < -0.4 is 9.97 Å². The molecule has 0 amide bonds. The number of phenolic OH excluding ortho intramolecular Hbond substituents is 3. The number of aromatic hydroxyl groups is 3. The van der Waals surface area contributed by atoms with Crippen LogP contribution in [-0.4, -0.2) is 30.3 Å². The van der Waals surface area contributed by atoms with Crippen molar-refractivity contribution in [1.82, 2.24) is 24.9 Å². The van der Waals surface area contributed by atoms with Gasteiger partial charge in [-0.05, 0) is 106 Å². The van der Waals surface area contributed by atoms with Crippen molar-refractivity contribution >= 4 is 57.3 Å². The van der Waals surface area contributed by atoms with Crippen LogP contribution in [0.3, 0.4) is 0 Å². The Morgan fingerprint density at radius 3 is 1.16 bits per heavy atom. The summed E-state index contributed by atoms with van der Waals surface area (Å²) in [6.45, 7) is 0. The van der Waals surface area contributed by atoms with Gasteiger partial charge in [0.05, 0.1) is 34.0 Å². The van der Waals surface area contributed by atoms with Crippen molar-refractivity contribution in [3.63, 3.8) is 0 Å². The summed E-state index contributed by atoms with van der Waals surface area (Å²) in [4.78, 5) is 26.1. The average Bonchev–Trinajstić information content (AvgIpc) is 4.05. The molecule has 10 heteroatoms. The monoisotopic (exact) mass is 794 g/mol. The van der Waals surface area contributed by atoms with E-state index >= 15 is 0 Å². The molecule has 2 aliphatic rings. The molecule has 57 heavy (non-hydrogen) atoms. The largest absolute Gasteiger partial charge is 2.00 e. The molecule has 0 saturated heterocycles. The maximum atomic E-state index is 10.2. The number of hydrogen-bond acceptors (Lipinski definition) is 6. The van der Waals surface area contributed by atoms with Gasteiger partial charge in [0, 0.05) is 10.9 Å². The summed E-state index contributed by atoms with van der Waals surface area (Å²) in [5.74, 6) is 0.470. The summed E-state index contributed by atoms with van der Waals surface area (Å²) in [6, 6.07) is 41.1. The smallest absolute Gasteiger partial charge is 0.657 e. The van der Waals surface area contributed by atoms with Gasteiger partial charge in [-0.1, -0.05) is 84.9 Å². The minimum atomic E-state index is 0. The Morgan fingerprint density at radius 2 is 0.737 bits per heavy atom. The van der Waals surface area contributed by atoms with Crippen LogP contribution in [0.4, 0.5) is 0 Å². The summed E-state index contributed by atoms with van der Waals surface area (Å²) in [6.07, 6.45) is 7.92. The van der Waals surface area contributed by atoms with Crippen LogP contribution in [0.1, 0.15) is 22.8 Å². The molecule has 0 atom stereocenters. The zero-order valence-electron chi connectivity index (χ0n) is 30.4. The van der Waals surface area contributed by atoms with Crippen molar-refractivity contribution in [3.05, 3.63) is 156 Å². The molecule has 0 unspecified atom stereocenters. The van der Waals surface area contributed by atoms with E-state index in [1.54, 1.807) is 36.4 Å². The molecule has 2 aliphatic heterocycles. The maximum Gasteiger partial charge on any atom is 2.00 e. The number of pyridine rings is 1. The van der Waals surface area contributed by atoms with Gasteiger partial charge in [0.1, 0.15) is 17.2 Å². The summed E-state index contributed by atoms with van der Waals surface area (Å²) in [7, 11) is 0. The third kappa shape index (κ3) is 6.67. The molecule has 0 radical (unpaired) electrons. The second kappa shape index (κ2) is 14.8. The zero-order valence-corrected chi connectivity index (χ0v) is 33.3. The van der Waals surface area contributed by atoms with Crippen LogP contribution in [-0.2, 0) is 25.0 Å². The molecule has 8 bridgehead atoms. The molecular weight excluding hydrogens is 764 g/mol. The van der Waals surface area contributed by atoms with E-state index in [0.717, 1.165) is 55.5 Å². The van der Waals surface area contributed by atoms with Gasteiger partial charge in [-0.25, -0.2) is 15.0 Å². The van der Waals surface area contributed by atoms with Crippen LogP contribution in [0.15, 0.2) is 133 Å². The van der Waals surface area contributed by atoms with Gasteiger partial charge in [0.15, 0.2) is 0 Å². The fraction of sp³-hybridized carbons (Fsp3) is 0. The van der Waals surface area contributed by atoms with E-state index in [-0.39, 0.29) is 42.2 Å². The van der Waals surface area contributed by atoms with Crippen LogP contribution in [0.5, 0.6) is 17.2 Å². The molecule has 0 saturated carbocycles. The summed E-state index contributed by atoms with van der Waals surface area (Å²) >= 11 is 0. The maximum absolute atomic E-state index is 10.2. The fourth-order valence-corrected chi connectivity index (χ4v) is 7.33. The van der Waals surface area contributed by atoms with Crippen LogP contribution in [0.2, 0.25) is 0 Å². The van der Waals surface area contributed by atoms with Gasteiger partial charge in [0.25, 0.3) is 0 Å². The van der Waals surface area contributed by atoms with Crippen molar-refractivity contribution in [2.75, 3.05) is 0 Å². The minimum Gasteiger partial charge on any atom is -0.657 e. The topological polar surface area (TPSA) is 161 Å². The van der Waals surface area contributed by atoms with Crippen molar-refractivity contribution in [2.24, 2.45) is 0 Å². The second-order valence-corrected chi connectivity index (χ2v) is 13.4. The second-order valence-electron chi connectivity index (χ2n) is 13.4. The van der Waals surface area contributed by atoms with Crippen molar-refractivity contribution < 1.29 is 40.3 Å². The van der Waals surface area contributed by atoms with E-state index in [0.29, 0.717) is 44.8 Å². The molecule has 6 N–H and O–H groups in total. The molecule has 270 valence electrons. The molecular formula is C47H32N5O4Zn+. The number of aromatic nitrogens is 5. The predicted molar refractivity (Wildman–Crippen MR) is 224 cm³/mol. The Bertz CT molecular complexity index is 3020. The molecule has 0 aliphatic carbocycles. The fourth-order valence-electron chi connectivity index (χ4n) is 7.33. The Kier molecular flexibility index (Phi) is 9.59. The predicted octanol–water partition coefficient (Wildman–Crippen LogP) is 9.32. The van der Waals surface area contributed by atoms with E-state index in [2.05, 4.69) is 6.07 Å². The van der Waals surface area contributed by atoms with Crippen LogP contribution in [0, 0.1) is 0 Å². The van der Waals surface area contributed by atoms with Crippen LogP contribution >= 0.6 is 0 Å². The molecule has 4 aromatic carbocycles. The molecule has 8 aromatic rings. The Labute approximate surface area is 339 Å². The van der Waals surface area contributed by atoms with Crippen molar-refractivity contribution in [2.45, 2.75) is 0 Å². The van der Waals surface area contributed by atoms with Gasteiger partial charge < -0.3 is 30.8 Å². The summed E-state index contributed by atoms with van der Waals surface area (Å²) < 4.78 is 0. The Morgan fingerprint density at radius 1 is 0.368 bits per heavy atom.